The summed E-state index contributed by atoms with van der Waals surface area (Å²) >= 11 is 0. The van der Waals surface area contributed by atoms with Crippen molar-refractivity contribution in [1.82, 2.24) is 40.5 Å². The lowest BCUT2D eigenvalue weighted by Gasteiger charge is -2.12. The first-order valence-corrected chi connectivity index (χ1v) is 9.63. The molecular weight excluding hydrogens is 412 g/mol. The molecule has 2 N–H and O–H groups in total. The van der Waals surface area contributed by atoms with Crippen molar-refractivity contribution in [3.8, 4) is 11.6 Å². The number of ether oxygens (including phenoxy) is 1. The number of carbonyl (C=O) groups excluding carboxylic acids is 2. The van der Waals surface area contributed by atoms with Crippen LogP contribution in [-0.2, 0) is 11.3 Å². The van der Waals surface area contributed by atoms with Gasteiger partial charge in [0.05, 0.1) is 25.3 Å². The van der Waals surface area contributed by atoms with Crippen LogP contribution in [0.3, 0.4) is 0 Å². The monoisotopic (exact) mass is 436 g/mol. The van der Waals surface area contributed by atoms with Crippen molar-refractivity contribution in [3.63, 3.8) is 0 Å². The highest BCUT2D eigenvalue weighted by Crippen LogP contribution is 2.17. The van der Waals surface area contributed by atoms with Gasteiger partial charge in [-0.2, -0.15) is 0 Å². The molecule has 1 amide bonds. The maximum atomic E-state index is 11.6. The van der Waals surface area contributed by atoms with Crippen molar-refractivity contribution in [1.29, 1.82) is 0 Å². The second-order valence-electron chi connectivity index (χ2n) is 7.12. The normalized spacial score (nSPS) is 14.9. The number of carbonyl (C=O) groups is 2. The fourth-order valence-electron chi connectivity index (χ4n) is 2.93. The van der Waals surface area contributed by atoms with E-state index in [1.54, 1.807) is 38.0 Å². The summed E-state index contributed by atoms with van der Waals surface area (Å²) in [6.07, 6.45) is 7.16. The Morgan fingerprint density at radius 2 is 2.12 bits per heavy atom. The fraction of sp³-hybridized carbons (Fsp3) is 0.238. The van der Waals surface area contributed by atoms with E-state index in [0.717, 1.165) is 24.1 Å². The van der Waals surface area contributed by atoms with Crippen LogP contribution in [0.4, 0.5) is 0 Å². The number of nitrogens with zero attached hydrogens (tertiary/aromatic N) is 6. The average molecular weight is 436 g/mol. The molecule has 1 fully saturated rings. The van der Waals surface area contributed by atoms with Crippen molar-refractivity contribution in [2.45, 2.75) is 12.6 Å². The van der Waals surface area contributed by atoms with Gasteiger partial charge in [-0.25, -0.2) is 9.67 Å². The summed E-state index contributed by atoms with van der Waals surface area (Å²) < 4.78 is 6.50. The molecule has 0 bridgehead atoms. The van der Waals surface area contributed by atoms with Crippen LogP contribution in [0.25, 0.3) is 5.82 Å². The van der Waals surface area contributed by atoms with Gasteiger partial charge in [-0.05, 0) is 31.8 Å². The molecule has 0 radical (unpaired) electrons. The molecule has 1 saturated heterocycles. The molecule has 166 valence electrons. The van der Waals surface area contributed by atoms with E-state index in [9.17, 15) is 9.59 Å². The van der Waals surface area contributed by atoms with E-state index in [-0.39, 0.29) is 5.91 Å². The Bertz CT molecular complexity index is 1100. The van der Waals surface area contributed by atoms with Crippen molar-refractivity contribution in [2.75, 3.05) is 21.2 Å². The quantitative estimate of drug-likeness (QED) is 0.541. The second-order valence-corrected chi connectivity index (χ2v) is 7.12. The topological polar surface area (TPSA) is 127 Å². The van der Waals surface area contributed by atoms with Gasteiger partial charge in [-0.1, -0.05) is 17.9 Å². The molecule has 0 spiro atoms. The van der Waals surface area contributed by atoms with Gasteiger partial charge in [0.25, 0.3) is 5.91 Å². The minimum Gasteiger partial charge on any atom is -0.497 e. The van der Waals surface area contributed by atoms with Crippen LogP contribution in [0, 0.1) is 0 Å². The van der Waals surface area contributed by atoms with Gasteiger partial charge in [0.15, 0.2) is 18.1 Å². The molecule has 1 aliphatic heterocycles. The van der Waals surface area contributed by atoms with E-state index in [4.69, 9.17) is 4.74 Å². The van der Waals surface area contributed by atoms with Gasteiger partial charge in [0.1, 0.15) is 11.4 Å². The van der Waals surface area contributed by atoms with E-state index in [2.05, 4.69) is 37.5 Å². The molecule has 1 aromatic carbocycles. The molecule has 3 heterocycles. The third-order valence-electron chi connectivity index (χ3n) is 4.41. The molecule has 1 unspecified atom stereocenters. The third-order valence-corrected chi connectivity index (χ3v) is 4.41. The van der Waals surface area contributed by atoms with Crippen LogP contribution in [0.5, 0.6) is 5.75 Å². The molecule has 0 aliphatic carbocycles. The number of amides is 1. The highest BCUT2D eigenvalue weighted by Gasteiger charge is 2.30. The first kappa shape index (κ1) is 22.6. The highest BCUT2D eigenvalue weighted by molar-refractivity contribution is 5.86. The van der Waals surface area contributed by atoms with E-state index in [1.165, 1.54) is 4.68 Å². The Morgan fingerprint density at radius 3 is 2.72 bits per heavy atom. The van der Waals surface area contributed by atoms with E-state index in [1.807, 2.05) is 31.1 Å². The molecule has 11 heteroatoms. The van der Waals surface area contributed by atoms with Gasteiger partial charge < -0.3 is 20.3 Å². The van der Waals surface area contributed by atoms with Crippen LogP contribution in [-0.4, -0.2) is 63.3 Å². The number of hydrogen-bond donors (Lipinski definition) is 2. The molecule has 11 nitrogen and oxygen atoms in total. The van der Waals surface area contributed by atoms with Crippen LogP contribution in [0.2, 0.25) is 0 Å². The number of nitrogens with one attached hydrogen (secondary N) is 2. The van der Waals surface area contributed by atoms with E-state index in [0.29, 0.717) is 22.9 Å². The Labute approximate surface area is 185 Å². The zero-order valence-electron chi connectivity index (χ0n) is 18.0. The van der Waals surface area contributed by atoms with E-state index < -0.39 is 6.04 Å². The van der Waals surface area contributed by atoms with Crippen molar-refractivity contribution in [2.24, 2.45) is 0 Å². The molecular formula is C21H24N8O3. The summed E-state index contributed by atoms with van der Waals surface area (Å²) in [7, 11) is 5.53. The molecule has 32 heavy (non-hydrogen) atoms. The SMILES string of the molecule is C=C1NC(=O)C(c2cn(-c3cnccn3)nn2)N1.COc1ccc(CN(C)C)c(C=O)c1. The summed E-state index contributed by atoms with van der Waals surface area (Å²) in [5, 5.41) is 13.3. The van der Waals surface area contributed by atoms with Gasteiger partial charge in [-0.3, -0.25) is 14.6 Å². The molecule has 4 rings (SSSR count). The predicted octanol–water partition coefficient (Wildman–Crippen LogP) is 0.858. The summed E-state index contributed by atoms with van der Waals surface area (Å²) in [5.41, 5.74) is 2.21. The fourth-order valence-corrected chi connectivity index (χ4v) is 2.93. The van der Waals surface area contributed by atoms with E-state index >= 15 is 0 Å². The Kier molecular flexibility index (Phi) is 7.24. The van der Waals surface area contributed by atoms with Gasteiger partial charge in [0, 0.05) is 24.5 Å². The van der Waals surface area contributed by atoms with Gasteiger partial charge in [-0.15, -0.1) is 5.10 Å². The number of aromatic nitrogens is 5. The third kappa shape index (κ3) is 5.52. The minimum atomic E-state index is -0.567. The van der Waals surface area contributed by atoms with Crippen LogP contribution in [0.1, 0.15) is 27.7 Å². The number of rotatable bonds is 6. The maximum Gasteiger partial charge on any atom is 0.254 e. The maximum absolute atomic E-state index is 11.6. The van der Waals surface area contributed by atoms with Gasteiger partial charge in [0.2, 0.25) is 0 Å². The van der Waals surface area contributed by atoms with Crippen LogP contribution < -0.4 is 15.4 Å². The van der Waals surface area contributed by atoms with Crippen molar-refractivity contribution < 1.29 is 14.3 Å². The summed E-state index contributed by atoms with van der Waals surface area (Å²) in [5.74, 6) is 1.51. The lowest BCUT2D eigenvalue weighted by Crippen LogP contribution is -2.19. The zero-order valence-corrected chi connectivity index (χ0v) is 18.0. The van der Waals surface area contributed by atoms with Crippen LogP contribution >= 0.6 is 0 Å². The summed E-state index contributed by atoms with van der Waals surface area (Å²) in [6, 6.07) is 4.98. The largest absolute Gasteiger partial charge is 0.497 e. The molecule has 0 saturated carbocycles. The smallest absolute Gasteiger partial charge is 0.254 e. The lowest BCUT2D eigenvalue weighted by molar-refractivity contribution is -0.120. The highest BCUT2D eigenvalue weighted by atomic mass is 16.5. The molecule has 3 aromatic rings. The molecule has 1 aliphatic rings. The minimum absolute atomic E-state index is 0.203. The standard InChI is InChI=1S/C11H15NO2.C10H9N7O/c1-12(2)7-9-4-5-11(14-3)6-10(9)8-13;1-6-13-9(10(18)14-6)7-5-17(16-15-7)8-4-11-2-3-12-8/h4-6,8H,7H2,1-3H3;2-5,9,13H,1H2,(H,14,18). The Morgan fingerprint density at radius 1 is 1.31 bits per heavy atom. The lowest BCUT2D eigenvalue weighted by atomic mass is 10.1. The predicted molar refractivity (Wildman–Crippen MR) is 116 cm³/mol. The first-order valence-electron chi connectivity index (χ1n) is 9.63. The van der Waals surface area contributed by atoms with Gasteiger partial charge >= 0.3 is 0 Å². The molecule has 2 aromatic heterocycles. The molecule has 1 atom stereocenters. The second kappa shape index (κ2) is 10.3. The first-order chi connectivity index (χ1) is 15.4. The number of benzene rings is 1. The Hall–Kier alpha value is -4.12. The number of methoxy groups -OCH3 is 1. The zero-order chi connectivity index (χ0) is 23.1. The summed E-state index contributed by atoms with van der Waals surface area (Å²) in [6.45, 7) is 4.39. The Balaban J connectivity index is 0.000000188. The van der Waals surface area contributed by atoms with Crippen molar-refractivity contribution in [3.05, 3.63) is 72.2 Å². The number of hydrogen-bond acceptors (Lipinski definition) is 9. The number of aldehydes is 1. The van der Waals surface area contributed by atoms with Crippen LogP contribution in [0.15, 0.2) is 55.4 Å². The average Bonchev–Trinajstić information content (AvgIpc) is 3.40. The summed E-state index contributed by atoms with van der Waals surface area (Å²) in [4.78, 5) is 32.4. The van der Waals surface area contributed by atoms with Crippen molar-refractivity contribution >= 4 is 12.2 Å².